The van der Waals surface area contributed by atoms with Gasteiger partial charge in [0.2, 0.25) is 0 Å². The van der Waals surface area contributed by atoms with Crippen LogP contribution in [-0.4, -0.2) is 8.07 Å². The molecule has 19 heavy (non-hydrogen) atoms. The first kappa shape index (κ1) is 14.3. The Labute approximate surface area is 119 Å². The second-order valence-electron chi connectivity index (χ2n) is 6.98. The molecule has 0 aromatic heterocycles. The van der Waals surface area contributed by atoms with Crippen molar-refractivity contribution in [2.75, 3.05) is 0 Å². The van der Waals surface area contributed by atoms with Crippen molar-refractivity contribution in [1.29, 1.82) is 0 Å². The fraction of sp³-hybridized carbons (Fsp3) is 0.444. The standard InChI is InChI=1S/C18H26Si/c1-13-9-14(2)18(15(3)10-13)12-16-7-8-17(11-16)19(4,5)6/h7-11,16H,12H2,1-6H3. The molecule has 0 bridgehead atoms. The lowest BCUT2D eigenvalue weighted by Gasteiger charge is -2.17. The van der Waals surface area contributed by atoms with Gasteiger partial charge in [0.05, 0.1) is 8.07 Å². The highest BCUT2D eigenvalue weighted by Crippen LogP contribution is 2.28. The van der Waals surface area contributed by atoms with E-state index in [4.69, 9.17) is 0 Å². The van der Waals surface area contributed by atoms with E-state index in [1.165, 1.54) is 22.3 Å². The first-order valence-corrected chi connectivity index (χ1v) is 10.7. The zero-order chi connectivity index (χ0) is 14.2. The Hall–Kier alpha value is -1.08. The van der Waals surface area contributed by atoms with Gasteiger partial charge in [-0.3, -0.25) is 0 Å². The third-order valence-electron chi connectivity index (χ3n) is 4.06. The van der Waals surface area contributed by atoms with Gasteiger partial charge in [0.25, 0.3) is 0 Å². The minimum atomic E-state index is -1.14. The molecule has 0 saturated carbocycles. The average molecular weight is 270 g/mol. The second-order valence-corrected chi connectivity index (χ2v) is 12.1. The number of hydrogen-bond acceptors (Lipinski definition) is 0. The highest BCUT2D eigenvalue weighted by atomic mass is 28.3. The number of allylic oxidation sites excluding steroid dienone is 4. The van der Waals surface area contributed by atoms with Gasteiger partial charge in [0, 0.05) is 0 Å². The van der Waals surface area contributed by atoms with E-state index in [0.717, 1.165) is 6.42 Å². The van der Waals surface area contributed by atoms with Gasteiger partial charge in [0.15, 0.2) is 0 Å². The molecule has 0 spiro atoms. The van der Waals surface area contributed by atoms with Gasteiger partial charge in [-0.2, -0.15) is 0 Å². The van der Waals surface area contributed by atoms with E-state index in [2.05, 4.69) is 70.8 Å². The van der Waals surface area contributed by atoms with Crippen LogP contribution in [0.1, 0.15) is 22.3 Å². The Kier molecular flexibility index (Phi) is 3.87. The lowest BCUT2D eigenvalue weighted by atomic mass is 9.92. The molecule has 1 aliphatic rings. The van der Waals surface area contributed by atoms with Crippen molar-refractivity contribution in [2.45, 2.75) is 46.8 Å². The molecular weight excluding hydrogens is 244 g/mol. The Morgan fingerprint density at radius 3 is 2.05 bits per heavy atom. The van der Waals surface area contributed by atoms with Crippen LogP contribution in [0.25, 0.3) is 0 Å². The van der Waals surface area contributed by atoms with Crippen molar-refractivity contribution in [3.63, 3.8) is 0 Å². The number of benzene rings is 1. The lowest BCUT2D eigenvalue weighted by molar-refractivity contribution is 0.803. The van der Waals surface area contributed by atoms with E-state index >= 15 is 0 Å². The molecule has 102 valence electrons. The highest BCUT2D eigenvalue weighted by molar-refractivity contribution is 6.83. The molecule has 1 heteroatoms. The predicted molar refractivity (Wildman–Crippen MR) is 88.4 cm³/mol. The predicted octanol–water partition coefficient (Wildman–Crippen LogP) is 5.14. The van der Waals surface area contributed by atoms with Crippen molar-refractivity contribution >= 4 is 8.07 Å². The van der Waals surface area contributed by atoms with E-state index in [9.17, 15) is 0 Å². The third kappa shape index (κ3) is 3.27. The third-order valence-corrected chi connectivity index (χ3v) is 6.13. The van der Waals surface area contributed by atoms with Crippen LogP contribution < -0.4 is 0 Å². The second kappa shape index (κ2) is 5.13. The molecular formula is C18H26Si. The van der Waals surface area contributed by atoms with Crippen LogP contribution in [0.2, 0.25) is 19.6 Å². The maximum Gasteiger partial charge on any atom is 0.0771 e. The minimum Gasteiger partial charge on any atom is -0.0780 e. The molecule has 0 nitrogen and oxygen atoms in total. The molecule has 1 atom stereocenters. The average Bonchev–Trinajstić information content (AvgIpc) is 2.71. The first-order valence-electron chi connectivity index (χ1n) is 7.24. The Morgan fingerprint density at radius 1 is 1.00 bits per heavy atom. The van der Waals surface area contributed by atoms with Crippen LogP contribution in [0.5, 0.6) is 0 Å². The molecule has 0 fully saturated rings. The molecule has 1 unspecified atom stereocenters. The van der Waals surface area contributed by atoms with Gasteiger partial charge in [0.1, 0.15) is 0 Å². The number of hydrogen-bond donors (Lipinski definition) is 0. The van der Waals surface area contributed by atoms with E-state index in [1.807, 2.05) is 0 Å². The Morgan fingerprint density at radius 2 is 1.58 bits per heavy atom. The van der Waals surface area contributed by atoms with Gasteiger partial charge >= 0.3 is 0 Å². The van der Waals surface area contributed by atoms with E-state index in [-0.39, 0.29) is 0 Å². The highest BCUT2D eigenvalue weighted by Gasteiger charge is 2.22. The lowest BCUT2D eigenvalue weighted by Crippen LogP contribution is -2.22. The van der Waals surface area contributed by atoms with Crippen molar-refractivity contribution < 1.29 is 0 Å². The Balaban J connectivity index is 2.21. The summed E-state index contributed by atoms with van der Waals surface area (Å²) >= 11 is 0. The molecule has 1 aliphatic carbocycles. The molecule has 0 aliphatic heterocycles. The van der Waals surface area contributed by atoms with E-state index in [1.54, 1.807) is 5.20 Å². The summed E-state index contributed by atoms with van der Waals surface area (Å²) in [4.78, 5) is 0. The normalized spacial score (nSPS) is 18.8. The molecule has 0 amide bonds. The summed E-state index contributed by atoms with van der Waals surface area (Å²) in [6.07, 6.45) is 8.43. The fourth-order valence-corrected chi connectivity index (χ4v) is 4.27. The minimum absolute atomic E-state index is 0.599. The maximum atomic E-state index is 2.50. The summed E-state index contributed by atoms with van der Waals surface area (Å²) in [6, 6.07) is 4.62. The summed E-state index contributed by atoms with van der Waals surface area (Å²) in [7, 11) is -1.14. The monoisotopic (exact) mass is 270 g/mol. The van der Waals surface area contributed by atoms with Crippen LogP contribution in [0.15, 0.2) is 35.6 Å². The number of aryl methyl sites for hydroxylation is 3. The van der Waals surface area contributed by atoms with Gasteiger partial charge in [-0.05, 0) is 49.8 Å². The van der Waals surface area contributed by atoms with Crippen LogP contribution in [0, 0.1) is 26.7 Å². The van der Waals surface area contributed by atoms with Crippen LogP contribution >= 0.6 is 0 Å². The quantitative estimate of drug-likeness (QED) is 0.667. The largest absolute Gasteiger partial charge is 0.0780 e. The molecule has 2 rings (SSSR count). The summed E-state index contributed by atoms with van der Waals surface area (Å²) in [5, 5.41) is 1.61. The van der Waals surface area contributed by atoms with Gasteiger partial charge in [-0.1, -0.05) is 60.8 Å². The Bertz CT molecular complexity index is 518. The van der Waals surface area contributed by atoms with Gasteiger partial charge in [-0.15, -0.1) is 0 Å². The summed E-state index contributed by atoms with van der Waals surface area (Å²) in [6.45, 7) is 14.0. The zero-order valence-corrected chi connectivity index (χ0v) is 14.2. The molecule has 1 aromatic rings. The topological polar surface area (TPSA) is 0 Å². The van der Waals surface area contributed by atoms with E-state index < -0.39 is 8.07 Å². The molecule has 0 saturated heterocycles. The summed E-state index contributed by atoms with van der Waals surface area (Å²) < 4.78 is 0. The fourth-order valence-electron chi connectivity index (χ4n) is 2.96. The number of rotatable bonds is 3. The van der Waals surface area contributed by atoms with Crippen molar-refractivity contribution in [3.05, 3.63) is 57.8 Å². The maximum absolute atomic E-state index is 2.50. The molecule has 0 radical (unpaired) electrons. The van der Waals surface area contributed by atoms with Crippen LogP contribution in [0.4, 0.5) is 0 Å². The molecule has 0 heterocycles. The van der Waals surface area contributed by atoms with Gasteiger partial charge in [-0.25, -0.2) is 0 Å². The smallest absolute Gasteiger partial charge is 0.0771 e. The van der Waals surface area contributed by atoms with Gasteiger partial charge < -0.3 is 0 Å². The van der Waals surface area contributed by atoms with Crippen molar-refractivity contribution in [1.82, 2.24) is 0 Å². The molecule has 1 aromatic carbocycles. The summed E-state index contributed by atoms with van der Waals surface area (Å²) in [5.74, 6) is 0.599. The van der Waals surface area contributed by atoms with Crippen LogP contribution in [0.3, 0.4) is 0 Å². The summed E-state index contributed by atoms with van der Waals surface area (Å²) in [5.41, 5.74) is 5.80. The molecule has 0 N–H and O–H groups in total. The van der Waals surface area contributed by atoms with Crippen LogP contribution in [-0.2, 0) is 6.42 Å². The SMILES string of the molecule is Cc1cc(C)c(CC2C=CC([Si](C)(C)C)=C2)c(C)c1. The van der Waals surface area contributed by atoms with E-state index in [0.29, 0.717) is 5.92 Å². The van der Waals surface area contributed by atoms with Crippen molar-refractivity contribution in [3.8, 4) is 0 Å². The first-order chi connectivity index (χ1) is 8.77. The van der Waals surface area contributed by atoms with Crippen molar-refractivity contribution in [2.24, 2.45) is 5.92 Å². The zero-order valence-electron chi connectivity index (χ0n) is 13.2.